The second-order valence-electron chi connectivity index (χ2n) is 6.26. The first-order valence-corrected chi connectivity index (χ1v) is 8.52. The molecular formula is C17H20N6O3. The highest BCUT2D eigenvalue weighted by Gasteiger charge is 2.29. The zero-order valence-electron chi connectivity index (χ0n) is 14.4. The smallest absolute Gasteiger partial charge is 0.253 e. The first kappa shape index (κ1) is 16.5. The molecule has 3 aromatic heterocycles. The summed E-state index contributed by atoms with van der Waals surface area (Å²) < 4.78 is 12.7. The summed E-state index contributed by atoms with van der Waals surface area (Å²) in [7, 11) is 1.57. The van der Waals surface area contributed by atoms with Crippen molar-refractivity contribution in [3.63, 3.8) is 0 Å². The van der Waals surface area contributed by atoms with Crippen molar-refractivity contribution in [3.05, 3.63) is 24.7 Å². The lowest BCUT2D eigenvalue weighted by molar-refractivity contribution is 0.0708. The minimum atomic E-state index is -0.481. The third-order valence-electron chi connectivity index (χ3n) is 4.64. The fourth-order valence-corrected chi connectivity index (χ4v) is 3.32. The average Bonchev–Trinajstić information content (AvgIpc) is 3.02. The largest absolute Gasteiger partial charge is 0.497 e. The molecular weight excluding hydrogens is 336 g/mol. The molecule has 3 heterocycles. The van der Waals surface area contributed by atoms with E-state index in [-0.39, 0.29) is 17.7 Å². The quantitative estimate of drug-likeness (QED) is 0.729. The highest BCUT2D eigenvalue weighted by molar-refractivity contribution is 5.90. The molecule has 0 aromatic carbocycles. The Morgan fingerprint density at radius 3 is 2.88 bits per heavy atom. The van der Waals surface area contributed by atoms with E-state index in [9.17, 15) is 5.11 Å². The van der Waals surface area contributed by atoms with Crippen molar-refractivity contribution < 1.29 is 14.6 Å². The topological polar surface area (TPSA) is 121 Å². The van der Waals surface area contributed by atoms with Crippen LogP contribution in [0.25, 0.3) is 11.0 Å². The molecule has 1 aliphatic rings. The molecule has 0 spiro atoms. The van der Waals surface area contributed by atoms with Crippen molar-refractivity contribution in [2.75, 3.05) is 12.8 Å². The van der Waals surface area contributed by atoms with Crippen LogP contribution in [0.2, 0.25) is 0 Å². The number of nitrogen functional groups attached to an aromatic ring is 1. The van der Waals surface area contributed by atoms with E-state index in [4.69, 9.17) is 15.2 Å². The number of anilines is 1. The van der Waals surface area contributed by atoms with Crippen LogP contribution >= 0.6 is 0 Å². The molecule has 0 aliphatic heterocycles. The number of fused-ring (bicyclic) bond motifs is 1. The van der Waals surface area contributed by atoms with Crippen LogP contribution in [0.4, 0.5) is 5.82 Å². The lowest BCUT2D eigenvalue weighted by Crippen LogP contribution is -2.28. The number of nitrogens with zero attached hydrogens (tertiary/aromatic N) is 5. The van der Waals surface area contributed by atoms with Crippen LogP contribution in [-0.4, -0.2) is 43.1 Å². The maximum absolute atomic E-state index is 10.4. The third kappa shape index (κ3) is 2.90. The molecule has 9 nitrogen and oxygen atoms in total. The predicted molar refractivity (Wildman–Crippen MR) is 94.1 cm³/mol. The van der Waals surface area contributed by atoms with Gasteiger partial charge in [-0.15, -0.1) is 5.10 Å². The van der Waals surface area contributed by atoms with Crippen LogP contribution in [0.3, 0.4) is 0 Å². The number of pyridine rings is 1. The Morgan fingerprint density at radius 1 is 1.23 bits per heavy atom. The van der Waals surface area contributed by atoms with E-state index in [1.165, 1.54) is 6.33 Å². The number of aliphatic hydroxyl groups is 1. The molecule has 3 aromatic rings. The van der Waals surface area contributed by atoms with Gasteiger partial charge in [-0.25, -0.2) is 19.6 Å². The number of rotatable bonds is 4. The summed E-state index contributed by atoms with van der Waals surface area (Å²) in [5, 5.41) is 15.5. The Labute approximate surface area is 149 Å². The summed E-state index contributed by atoms with van der Waals surface area (Å²) in [5.41, 5.74) is 6.60. The number of nitrogens with two attached hydrogens (primary N) is 1. The average molecular weight is 356 g/mol. The van der Waals surface area contributed by atoms with Gasteiger partial charge >= 0.3 is 0 Å². The van der Waals surface area contributed by atoms with E-state index >= 15 is 0 Å². The number of aliphatic hydroxyl groups excluding tert-OH is 1. The van der Waals surface area contributed by atoms with Crippen LogP contribution in [0, 0.1) is 0 Å². The van der Waals surface area contributed by atoms with Gasteiger partial charge in [0.25, 0.3) is 5.88 Å². The summed E-state index contributed by atoms with van der Waals surface area (Å²) >= 11 is 0. The van der Waals surface area contributed by atoms with Crippen LogP contribution in [0.15, 0.2) is 24.7 Å². The Hall–Kier alpha value is -2.94. The predicted octanol–water partition coefficient (Wildman–Crippen LogP) is 2.08. The molecule has 1 saturated carbocycles. The van der Waals surface area contributed by atoms with E-state index in [2.05, 4.69) is 20.1 Å². The lowest BCUT2D eigenvalue weighted by Gasteiger charge is -2.27. The molecule has 4 rings (SSSR count). The van der Waals surface area contributed by atoms with Gasteiger partial charge in [-0.05, 0) is 18.9 Å². The molecule has 9 heteroatoms. The van der Waals surface area contributed by atoms with Crippen molar-refractivity contribution in [2.24, 2.45) is 0 Å². The van der Waals surface area contributed by atoms with Gasteiger partial charge < -0.3 is 20.3 Å². The SMILES string of the molecule is COc1ccnc(Oc2nn([C@H]3CCCC[C@@H]3O)c3ncnc(N)c23)c1. The number of aromatic nitrogens is 5. The molecule has 26 heavy (non-hydrogen) atoms. The summed E-state index contributed by atoms with van der Waals surface area (Å²) in [6.45, 7) is 0. The Kier molecular flexibility index (Phi) is 4.29. The summed E-state index contributed by atoms with van der Waals surface area (Å²) in [6.07, 6.45) is 6.07. The molecule has 0 saturated heterocycles. The zero-order chi connectivity index (χ0) is 18.1. The minimum Gasteiger partial charge on any atom is -0.497 e. The van der Waals surface area contributed by atoms with Crippen LogP contribution in [0.5, 0.6) is 17.5 Å². The standard InChI is InChI=1S/C17H20N6O3/c1-25-10-6-7-19-13(8-10)26-17-14-15(18)20-9-21-16(14)23(22-17)11-4-2-3-5-12(11)24/h6-9,11-12,24H,2-5H2,1H3,(H2,18,20,21)/t11-,12-/m0/s1. The molecule has 1 fully saturated rings. The van der Waals surface area contributed by atoms with E-state index in [1.54, 1.807) is 30.1 Å². The molecule has 0 bridgehead atoms. The molecule has 0 radical (unpaired) electrons. The minimum absolute atomic E-state index is 0.170. The van der Waals surface area contributed by atoms with Crippen molar-refractivity contribution >= 4 is 16.9 Å². The maximum atomic E-state index is 10.4. The second kappa shape index (κ2) is 6.75. The van der Waals surface area contributed by atoms with Gasteiger partial charge in [-0.2, -0.15) is 0 Å². The molecule has 136 valence electrons. The Balaban J connectivity index is 1.79. The van der Waals surface area contributed by atoms with Gasteiger partial charge in [0, 0.05) is 12.3 Å². The van der Waals surface area contributed by atoms with Crippen LogP contribution in [0.1, 0.15) is 31.7 Å². The summed E-state index contributed by atoms with van der Waals surface area (Å²) in [5.74, 6) is 1.47. The monoisotopic (exact) mass is 356 g/mol. The highest BCUT2D eigenvalue weighted by Crippen LogP contribution is 2.36. The zero-order valence-corrected chi connectivity index (χ0v) is 14.4. The normalized spacial score (nSPS) is 20.2. The van der Waals surface area contributed by atoms with Crippen molar-refractivity contribution in [2.45, 2.75) is 37.8 Å². The molecule has 2 atom stereocenters. The van der Waals surface area contributed by atoms with Gasteiger partial charge in [-0.1, -0.05) is 12.8 Å². The van der Waals surface area contributed by atoms with E-state index in [1.807, 2.05) is 0 Å². The van der Waals surface area contributed by atoms with Gasteiger partial charge in [-0.3, -0.25) is 0 Å². The fourth-order valence-electron chi connectivity index (χ4n) is 3.32. The highest BCUT2D eigenvalue weighted by atomic mass is 16.5. The number of hydrogen-bond donors (Lipinski definition) is 2. The number of methoxy groups -OCH3 is 1. The summed E-state index contributed by atoms with van der Waals surface area (Å²) in [4.78, 5) is 12.5. The molecule has 0 amide bonds. The van der Waals surface area contributed by atoms with Crippen molar-refractivity contribution in [3.8, 4) is 17.5 Å². The van der Waals surface area contributed by atoms with E-state index in [0.717, 1.165) is 25.7 Å². The van der Waals surface area contributed by atoms with E-state index < -0.39 is 6.10 Å². The first-order valence-electron chi connectivity index (χ1n) is 8.52. The van der Waals surface area contributed by atoms with Crippen LogP contribution < -0.4 is 15.2 Å². The maximum Gasteiger partial charge on any atom is 0.253 e. The first-order chi connectivity index (χ1) is 12.7. The van der Waals surface area contributed by atoms with E-state index in [0.29, 0.717) is 22.7 Å². The third-order valence-corrected chi connectivity index (χ3v) is 4.64. The van der Waals surface area contributed by atoms with Gasteiger partial charge in [0.2, 0.25) is 5.88 Å². The lowest BCUT2D eigenvalue weighted by atomic mass is 9.93. The van der Waals surface area contributed by atoms with Gasteiger partial charge in [0.1, 0.15) is 23.3 Å². The van der Waals surface area contributed by atoms with Gasteiger partial charge in [0.15, 0.2) is 5.65 Å². The fraction of sp³-hybridized carbons (Fsp3) is 0.412. The molecule has 1 aliphatic carbocycles. The number of hydrogen-bond acceptors (Lipinski definition) is 8. The van der Waals surface area contributed by atoms with Crippen molar-refractivity contribution in [1.82, 2.24) is 24.7 Å². The Bertz CT molecular complexity index is 928. The van der Waals surface area contributed by atoms with Gasteiger partial charge in [0.05, 0.1) is 19.3 Å². The number of ether oxygens (including phenoxy) is 2. The second-order valence-corrected chi connectivity index (χ2v) is 6.26. The Morgan fingerprint density at radius 2 is 2.08 bits per heavy atom. The summed E-state index contributed by atoms with van der Waals surface area (Å²) in [6, 6.07) is 3.20. The molecule has 3 N–H and O–H groups in total. The van der Waals surface area contributed by atoms with Crippen molar-refractivity contribution in [1.29, 1.82) is 0 Å². The van der Waals surface area contributed by atoms with Crippen LogP contribution in [-0.2, 0) is 0 Å². The molecule has 0 unspecified atom stereocenters.